The number of carboxylic acids is 1. The lowest BCUT2D eigenvalue weighted by Gasteiger charge is -2.23. The zero-order valence-electron chi connectivity index (χ0n) is 12.0. The fourth-order valence-electron chi connectivity index (χ4n) is 2.02. The summed E-state index contributed by atoms with van der Waals surface area (Å²) >= 11 is 0. The standard InChI is InChI=1S/C14H18N2O5/c1-3-7-15(9-13(17)18)14(19)10(2)11-5-4-6-12(8-11)16(20)21/h4-6,8,10H,3,7,9H2,1-2H3,(H,17,18). The predicted octanol–water partition coefficient (Wildman–Crippen LogP) is 2.02. The molecule has 1 aromatic rings. The van der Waals surface area contributed by atoms with E-state index in [0.717, 1.165) is 0 Å². The van der Waals surface area contributed by atoms with Gasteiger partial charge in [0.1, 0.15) is 6.54 Å². The monoisotopic (exact) mass is 294 g/mol. The van der Waals surface area contributed by atoms with Gasteiger partial charge in [0.25, 0.3) is 5.69 Å². The Kier molecular flexibility index (Phi) is 5.83. The van der Waals surface area contributed by atoms with E-state index < -0.39 is 16.8 Å². The molecule has 114 valence electrons. The molecule has 0 aliphatic rings. The van der Waals surface area contributed by atoms with Gasteiger partial charge in [-0.1, -0.05) is 19.1 Å². The predicted molar refractivity (Wildman–Crippen MR) is 76.0 cm³/mol. The number of amides is 1. The maximum atomic E-state index is 12.3. The van der Waals surface area contributed by atoms with Gasteiger partial charge in [0.15, 0.2) is 0 Å². The highest BCUT2D eigenvalue weighted by Gasteiger charge is 2.24. The van der Waals surface area contributed by atoms with Crippen LogP contribution in [0.15, 0.2) is 24.3 Å². The molecular formula is C14H18N2O5. The number of rotatable bonds is 7. The summed E-state index contributed by atoms with van der Waals surface area (Å²) in [5.74, 6) is -2.06. The highest BCUT2D eigenvalue weighted by molar-refractivity contribution is 5.86. The normalized spacial score (nSPS) is 11.7. The molecule has 0 saturated carbocycles. The first-order valence-corrected chi connectivity index (χ1v) is 6.61. The Hall–Kier alpha value is -2.44. The fraction of sp³-hybridized carbons (Fsp3) is 0.429. The molecule has 1 rings (SSSR count). The van der Waals surface area contributed by atoms with Crippen molar-refractivity contribution in [2.75, 3.05) is 13.1 Å². The Morgan fingerprint density at radius 1 is 1.43 bits per heavy atom. The van der Waals surface area contributed by atoms with Crippen LogP contribution in [0.5, 0.6) is 0 Å². The van der Waals surface area contributed by atoms with Crippen LogP contribution in [0.25, 0.3) is 0 Å². The van der Waals surface area contributed by atoms with Crippen molar-refractivity contribution in [1.82, 2.24) is 4.90 Å². The molecule has 21 heavy (non-hydrogen) atoms. The summed E-state index contributed by atoms with van der Waals surface area (Å²) in [6.45, 7) is 3.43. The molecule has 1 N–H and O–H groups in total. The minimum atomic E-state index is -1.08. The van der Waals surface area contributed by atoms with Crippen LogP contribution in [0.3, 0.4) is 0 Å². The number of benzene rings is 1. The molecule has 0 heterocycles. The minimum absolute atomic E-state index is 0.0903. The number of non-ortho nitro benzene ring substituents is 1. The van der Waals surface area contributed by atoms with Crippen molar-refractivity contribution in [2.45, 2.75) is 26.2 Å². The summed E-state index contributed by atoms with van der Waals surface area (Å²) in [7, 11) is 0. The fourth-order valence-corrected chi connectivity index (χ4v) is 2.02. The minimum Gasteiger partial charge on any atom is -0.480 e. The van der Waals surface area contributed by atoms with Crippen molar-refractivity contribution in [2.24, 2.45) is 0 Å². The Balaban J connectivity index is 2.96. The average molecular weight is 294 g/mol. The number of carbonyl (C=O) groups excluding carboxylic acids is 1. The highest BCUT2D eigenvalue weighted by atomic mass is 16.6. The molecular weight excluding hydrogens is 276 g/mol. The molecule has 0 aliphatic carbocycles. The van der Waals surface area contributed by atoms with Crippen LogP contribution in [0.4, 0.5) is 5.69 Å². The van der Waals surface area contributed by atoms with Crippen LogP contribution in [0.1, 0.15) is 31.7 Å². The van der Waals surface area contributed by atoms with E-state index in [-0.39, 0.29) is 18.1 Å². The highest BCUT2D eigenvalue weighted by Crippen LogP contribution is 2.22. The third-order valence-electron chi connectivity index (χ3n) is 3.08. The summed E-state index contributed by atoms with van der Waals surface area (Å²) < 4.78 is 0. The first-order valence-electron chi connectivity index (χ1n) is 6.61. The van der Waals surface area contributed by atoms with E-state index in [1.54, 1.807) is 13.0 Å². The number of nitro groups is 1. The smallest absolute Gasteiger partial charge is 0.323 e. The van der Waals surface area contributed by atoms with Gasteiger partial charge >= 0.3 is 5.97 Å². The van der Waals surface area contributed by atoms with Gasteiger partial charge in [0, 0.05) is 18.7 Å². The van der Waals surface area contributed by atoms with Crippen molar-refractivity contribution >= 4 is 17.6 Å². The van der Waals surface area contributed by atoms with Crippen molar-refractivity contribution in [3.05, 3.63) is 39.9 Å². The van der Waals surface area contributed by atoms with Crippen LogP contribution in [-0.2, 0) is 9.59 Å². The van der Waals surface area contributed by atoms with E-state index in [1.165, 1.54) is 23.1 Å². The molecule has 0 spiro atoms. The molecule has 7 heteroatoms. The number of nitrogens with zero attached hydrogens (tertiary/aromatic N) is 2. The first-order chi connectivity index (χ1) is 9.86. The van der Waals surface area contributed by atoms with E-state index in [1.807, 2.05) is 6.92 Å². The van der Waals surface area contributed by atoms with E-state index in [0.29, 0.717) is 18.5 Å². The SMILES string of the molecule is CCCN(CC(=O)O)C(=O)C(C)c1cccc([N+](=O)[O-])c1. The van der Waals surface area contributed by atoms with Gasteiger partial charge in [0.2, 0.25) is 5.91 Å². The van der Waals surface area contributed by atoms with E-state index in [9.17, 15) is 19.7 Å². The quantitative estimate of drug-likeness (QED) is 0.612. The summed E-state index contributed by atoms with van der Waals surface area (Å²) in [5, 5.41) is 19.6. The summed E-state index contributed by atoms with van der Waals surface area (Å²) in [6.07, 6.45) is 0.640. The average Bonchev–Trinajstić information content (AvgIpc) is 2.45. The van der Waals surface area contributed by atoms with Crippen LogP contribution in [0.2, 0.25) is 0 Å². The molecule has 0 aliphatic heterocycles. The summed E-state index contributed by atoms with van der Waals surface area (Å²) in [6, 6.07) is 5.83. The number of carbonyl (C=O) groups is 2. The Bertz CT molecular complexity index is 544. The van der Waals surface area contributed by atoms with Crippen molar-refractivity contribution < 1.29 is 19.6 Å². The maximum absolute atomic E-state index is 12.3. The lowest BCUT2D eigenvalue weighted by Crippen LogP contribution is -2.38. The van der Waals surface area contributed by atoms with Crippen LogP contribution in [-0.4, -0.2) is 39.9 Å². The molecule has 1 unspecified atom stereocenters. The van der Waals surface area contributed by atoms with E-state index in [2.05, 4.69) is 0 Å². The number of nitro benzene ring substituents is 1. The first kappa shape index (κ1) is 16.6. The molecule has 0 saturated heterocycles. The lowest BCUT2D eigenvalue weighted by molar-refractivity contribution is -0.384. The molecule has 0 bridgehead atoms. The Morgan fingerprint density at radius 2 is 2.10 bits per heavy atom. The lowest BCUT2D eigenvalue weighted by atomic mass is 9.99. The summed E-state index contributed by atoms with van der Waals surface area (Å²) in [5.41, 5.74) is 0.410. The van der Waals surface area contributed by atoms with Crippen molar-refractivity contribution in [1.29, 1.82) is 0 Å². The number of aliphatic carboxylic acids is 1. The van der Waals surface area contributed by atoms with Crippen molar-refractivity contribution in [3.63, 3.8) is 0 Å². The summed E-state index contributed by atoms with van der Waals surface area (Å²) in [4.78, 5) is 34.6. The maximum Gasteiger partial charge on any atom is 0.323 e. The van der Waals surface area contributed by atoms with Crippen LogP contribution < -0.4 is 0 Å². The van der Waals surface area contributed by atoms with E-state index >= 15 is 0 Å². The van der Waals surface area contributed by atoms with Gasteiger partial charge in [-0.2, -0.15) is 0 Å². The third-order valence-corrected chi connectivity index (χ3v) is 3.08. The topological polar surface area (TPSA) is 101 Å². The van der Waals surface area contributed by atoms with Gasteiger partial charge in [-0.3, -0.25) is 19.7 Å². The molecule has 1 amide bonds. The van der Waals surface area contributed by atoms with Gasteiger partial charge < -0.3 is 10.0 Å². The molecule has 7 nitrogen and oxygen atoms in total. The molecule has 0 fully saturated rings. The Labute approximate surface area is 122 Å². The van der Waals surface area contributed by atoms with Crippen molar-refractivity contribution in [3.8, 4) is 0 Å². The zero-order valence-corrected chi connectivity index (χ0v) is 12.0. The number of hydrogen-bond acceptors (Lipinski definition) is 4. The number of hydrogen-bond donors (Lipinski definition) is 1. The third kappa shape index (κ3) is 4.55. The molecule has 0 radical (unpaired) electrons. The molecule has 1 atom stereocenters. The van der Waals surface area contributed by atoms with Gasteiger partial charge in [-0.05, 0) is 18.9 Å². The van der Waals surface area contributed by atoms with Gasteiger partial charge in [-0.25, -0.2) is 0 Å². The van der Waals surface area contributed by atoms with Crippen LogP contribution in [0, 0.1) is 10.1 Å². The second-order valence-electron chi connectivity index (χ2n) is 4.73. The second kappa shape index (κ2) is 7.37. The number of carboxylic acid groups (broad SMARTS) is 1. The Morgan fingerprint density at radius 3 is 2.62 bits per heavy atom. The zero-order chi connectivity index (χ0) is 16.0. The molecule has 1 aromatic carbocycles. The van der Waals surface area contributed by atoms with E-state index in [4.69, 9.17) is 5.11 Å². The molecule has 0 aromatic heterocycles. The van der Waals surface area contributed by atoms with Crippen LogP contribution >= 0.6 is 0 Å². The second-order valence-corrected chi connectivity index (χ2v) is 4.73. The van der Waals surface area contributed by atoms with Gasteiger partial charge in [-0.15, -0.1) is 0 Å². The largest absolute Gasteiger partial charge is 0.480 e. The van der Waals surface area contributed by atoms with Gasteiger partial charge in [0.05, 0.1) is 10.8 Å².